The fraction of sp³-hybridized carbons (Fsp3) is 0.0137. The molecule has 1 aliphatic heterocycles. The molecular weight excluding hydrogens is 921 g/mol. The molecule has 76 heavy (non-hydrogen) atoms. The summed E-state index contributed by atoms with van der Waals surface area (Å²) in [6.07, 6.45) is 0. The van der Waals surface area contributed by atoms with Crippen molar-refractivity contribution in [3.63, 3.8) is 0 Å². The molecule has 12 aromatic carbocycles. The van der Waals surface area contributed by atoms with E-state index >= 15 is 0 Å². The minimum absolute atomic E-state index is 0.686. The fourth-order valence-corrected chi connectivity index (χ4v) is 13.3. The first kappa shape index (κ1) is 42.5. The summed E-state index contributed by atoms with van der Waals surface area (Å²) in [5.41, 5.74) is 27.0. The van der Waals surface area contributed by atoms with Crippen molar-refractivity contribution in [3.8, 4) is 66.8 Å². The molecule has 1 aromatic heterocycles. The highest BCUT2D eigenvalue weighted by atomic mass is 16.3. The molecule has 0 N–H and O–H groups in total. The van der Waals surface area contributed by atoms with E-state index in [0.717, 1.165) is 67.2 Å². The number of fused-ring (bicyclic) bond motifs is 21. The number of rotatable bonds is 5. The Balaban J connectivity index is 0.971. The molecular formula is C73H46N2O. The number of hydrogen-bond acceptors (Lipinski definition) is 3. The van der Waals surface area contributed by atoms with Crippen molar-refractivity contribution in [3.05, 3.63) is 301 Å². The number of furan rings is 1. The largest absolute Gasteiger partial charge is 0.455 e. The minimum atomic E-state index is -0.686. The molecule has 0 bridgehead atoms. The Morgan fingerprint density at radius 3 is 1.54 bits per heavy atom. The summed E-state index contributed by atoms with van der Waals surface area (Å²) in [6.45, 7) is 0. The molecule has 0 saturated carbocycles. The van der Waals surface area contributed by atoms with Crippen molar-refractivity contribution >= 4 is 56.1 Å². The Bertz CT molecular complexity index is 4480. The first-order valence-electron chi connectivity index (χ1n) is 26.2. The van der Waals surface area contributed by atoms with Crippen molar-refractivity contribution in [2.45, 2.75) is 5.41 Å². The smallest absolute Gasteiger partial charge is 0.143 e. The van der Waals surface area contributed by atoms with E-state index in [9.17, 15) is 0 Å². The van der Waals surface area contributed by atoms with Gasteiger partial charge in [-0.25, -0.2) is 0 Å². The van der Waals surface area contributed by atoms with Crippen LogP contribution in [0.25, 0.3) is 88.7 Å². The van der Waals surface area contributed by atoms with E-state index in [0.29, 0.717) is 0 Å². The van der Waals surface area contributed by atoms with Gasteiger partial charge in [-0.2, -0.15) is 0 Å². The maximum atomic E-state index is 6.95. The van der Waals surface area contributed by atoms with Gasteiger partial charge >= 0.3 is 0 Å². The molecule has 1 unspecified atom stereocenters. The summed E-state index contributed by atoms with van der Waals surface area (Å²) in [4.78, 5) is 4.89. The predicted molar refractivity (Wildman–Crippen MR) is 315 cm³/mol. The van der Waals surface area contributed by atoms with Gasteiger partial charge in [0.1, 0.15) is 11.2 Å². The summed E-state index contributed by atoms with van der Waals surface area (Å²) in [5.74, 6) is 0. The second-order valence-corrected chi connectivity index (χ2v) is 20.3. The maximum absolute atomic E-state index is 6.95. The topological polar surface area (TPSA) is 19.6 Å². The number of anilines is 6. The Labute approximate surface area is 441 Å². The molecule has 16 rings (SSSR count). The van der Waals surface area contributed by atoms with Crippen LogP contribution >= 0.6 is 0 Å². The normalized spacial score (nSPS) is 14.3. The molecule has 0 fully saturated rings. The van der Waals surface area contributed by atoms with E-state index in [1.54, 1.807) is 0 Å². The van der Waals surface area contributed by atoms with Crippen LogP contribution in [0, 0.1) is 0 Å². The lowest BCUT2D eigenvalue weighted by atomic mass is 9.66. The molecule has 3 heteroatoms. The van der Waals surface area contributed by atoms with Gasteiger partial charge in [-0.05, 0) is 139 Å². The SMILES string of the molecule is c1ccc(-c2ccc(N(c3ccc4c(c3)-c3ccccc3-c3ccccc3N4c3ccccc3)c3ccc4c(c3)-c3ccccc3-c3ccccc3C43c4ccccc4-c4c3ccc3c4oc4ccccc43)cc2)cc1. The van der Waals surface area contributed by atoms with Crippen molar-refractivity contribution in [2.75, 3.05) is 9.80 Å². The van der Waals surface area contributed by atoms with Gasteiger partial charge in [0.25, 0.3) is 0 Å². The molecule has 13 aromatic rings. The second kappa shape index (κ2) is 16.5. The lowest BCUT2D eigenvalue weighted by Gasteiger charge is -2.36. The van der Waals surface area contributed by atoms with Crippen LogP contribution in [0.1, 0.15) is 22.3 Å². The molecule has 0 radical (unpaired) electrons. The van der Waals surface area contributed by atoms with Gasteiger partial charge in [0, 0.05) is 50.2 Å². The lowest BCUT2D eigenvalue weighted by molar-refractivity contribution is 0.669. The van der Waals surface area contributed by atoms with Gasteiger partial charge in [-0.3, -0.25) is 0 Å². The average molecular weight is 967 g/mol. The van der Waals surface area contributed by atoms with E-state index in [4.69, 9.17) is 4.42 Å². The molecule has 354 valence electrons. The highest BCUT2D eigenvalue weighted by Crippen LogP contribution is 2.63. The molecule has 1 atom stereocenters. The van der Waals surface area contributed by atoms with Crippen molar-refractivity contribution < 1.29 is 4.42 Å². The molecule has 3 nitrogen and oxygen atoms in total. The summed E-state index contributed by atoms with van der Waals surface area (Å²) in [7, 11) is 0. The van der Waals surface area contributed by atoms with Crippen molar-refractivity contribution in [1.82, 2.24) is 0 Å². The standard InChI is InChI=1S/C73H46N2O/c1-3-19-47(20-4-1)48-35-37-50(38-36-48)74(52-40-44-69-63(46-52)56-26-10-8-24-54(56)58-28-13-17-33-68(58)75(69)49-21-5-2-6-22-49)51-39-42-66-62(45-51)55-25-9-7-23-53(55)57-27-11-15-31-64(57)73(66)65-32-16-12-30-61(65)71-67(73)43-41-60-59-29-14-18-34-70(59)76-72(60)71/h1-46H. The summed E-state index contributed by atoms with van der Waals surface area (Å²) in [6, 6.07) is 103. The quantitative estimate of drug-likeness (QED) is 0.171. The Hall–Kier alpha value is -9.96. The zero-order valence-electron chi connectivity index (χ0n) is 41.4. The van der Waals surface area contributed by atoms with Gasteiger partial charge in [0.05, 0.1) is 16.8 Å². The van der Waals surface area contributed by atoms with Gasteiger partial charge < -0.3 is 14.2 Å². The third-order valence-corrected chi connectivity index (χ3v) is 16.4. The van der Waals surface area contributed by atoms with Crippen molar-refractivity contribution in [1.29, 1.82) is 0 Å². The fourth-order valence-electron chi connectivity index (χ4n) is 13.3. The van der Waals surface area contributed by atoms with E-state index in [2.05, 4.69) is 289 Å². The summed E-state index contributed by atoms with van der Waals surface area (Å²) < 4.78 is 6.95. The monoisotopic (exact) mass is 966 g/mol. The van der Waals surface area contributed by atoms with Crippen LogP contribution in [-0.4, -0.2) is 0 Å². The summed E-state index contributed by atoms with van der Waals surface area (Å²) >= 11 is 0. The highest BCUT2D eigenvalue weighted by molar-refractivity contribution is 6.13. The number of para-hydroxylation sites is 3. The number of hydrogen-bond donors (Lipinski definition) is 0. The van der Waals surface area contributed by atoms with Crippen LogP contribution in [0.3, 0.4) is 0 Å². The van der Waals surface area contributed by atoms with Crippen LogP contribution in [0.4, 0.5) is 34.1 Å². The third-order valence-electron chi connectivity index (χ3n) is 16.4. The van der Waals surface area contributed by atoms with Gasteiger partial charge in [-0.1, -0.05) is 212 Å². The first-order chi connectivity index (χ1) is 37.7. The van der Waals surface area contributed by atoms with E-state index in [1.165, 1.54) is 77.9 Å². The Morgan fingerprint density at radius 1 is 0.303 bits per heavy atom. The lowest BCUT2D eigenvalue weighted by Crippen LogP contribution is -2.29. The van der Waals surface area contributed by atoms with Gasteiger partial charge in [-0.15, -0.1) is 0 Å². The molecule has 0 saturated heterocycles. The molecule has 1 spiro atoms. The number of nitrogens with zero attached hydrogens (tertiary/aromatic N) is 2. The first-order valence-corrected chi connectivity index (χ1v) is 26.2. The van der Waals surface area contributed by atoms with E-state index < -0.39 is 5.41 Å². The van der Waals surface area contributed by atoms with Gasteiger partial charge in [0.15, 0.2) is 0 Å². The Morgan fingerprint density at radius 2 is 0.789 bits per heavy atom. The second-order valence-electron chi connectivity index (χ2n) is 20.3. The average Bonchev–Trinajstić information content (AvgIpc) is 4.18. The predicted octanol–water partition coefficient (Wildman–Crippen LogP) is 19.9. The number of benzene rings is 12. The van der Waals surface area contributed by atoms with Crippen LogP contribution in [-0.2, 0) is 5.41 Å². The van der Waals surface area contributed by atoms with E-state index in [1.807, 2.05) is 0 Å². The van der Waals surface area contributed by atoms with Crippen molar-refractivity contribution in [2.24, 2.45) is 0 Å². The highest BCUT2D eigenvalue weighted by Gasteiger charge is 2.51. The van der Waals surface area contributed by atoms with E-state index in [-0.39, 0.29) is 0 Å². The van der Waals surface area contributed by atoms with Crippen LogP contribution < -0.4 is 9.80 Å². The molecule has 2 heterocycles. The third kappa shape index (κ3) is 6.05. The maximum Gasteiger partial charge on any atom is 0.143 e. The zero-order valence-corrected chi connectivity index (χ0v) is 41.4. The van der Waals surface area contributed by atoms with Gasteiger partial charge in [0.2, 0.25) is 0 Å². The molecule has 2 aliphatic carbocycles. The van der Waals surface area contributed by atoms with Crippen LogP contribution in [0.15, 0.2) is 283 Å². The molecule has 3 aliphatic rings. The minimum Gasteiger partial charge on any atom is -0.455 e. The van der Waals surface area contributed by atoms with Crippen LogP contribution in [0.5, 0.6) is 0 Å². The molecule has 0 amide bonds. The Kier molecular flexibility index (Phi) is 9.25. The van der Waals surface area contributed by atoms with Crippen LogP contribution in [0.2, 0.25) is 0 Å². The summed E-state index contributed by atoms with van der Waals surface area (Å²) in [5, 5.41) is 2.27. The zero-order chi connectivity index (χ0) is 49.9.